The average molecular weight is 368 g/mol. The predicted octanol–water partition coefficient (Wildman–Crippen LogP) is 3.31. The molecule has 2 aromatic carbocycles. The number of rotatable bonds is 5. The van der Waals surface area contributed by atoms with Crippen LogP contribution in [0.4, 0.5) is 11.4 Å². The lowest BCUT2D eigenvalue weighted by Crippen LogP contribution is -2.31. The van der Waals surface area contributed by atoms with Crippen LogP contribution in [-0.4, -0.2) is 28.7 Å². The van der Waals surface area contributed by atoms with Crippen LogP contribution in [0.3, 0.4) is 0 Å². The Morgan fingerprint density at radius 2 is 1.62 bits per heavy atom. The molecule has 0 spiro atoms. The van der Waals surface area contributed by atoms with Gasteiger partial charge in [0.05, 0.1) is 16.7 Å². The predicted molar refractivity (Wildman–Crippen MR) is 104 cm³/mol. The minimum atomic E-state index is -0.521. The average Bonchev–Trinajstić information content (AvgIpc) is 2.90. The maximum atomic E-state index is 12.6. The Hall–Kier alpha value is -2.60. The van der Waals surface area contributed by atoms with Gasteiger partial charge in [-0.3, -0.25) is 14.4 Å². The number of thioether (sulfide) groups is 1. The largest absolute Gasteiger partial charge is 0.325 e. The summed E-state index contributed by atoms with van der Waals surface area (Å²) >= 11 is 1.20. The van der Waals surface area contributed by atoms with Crippen LogP contribution in [0.25, 0.3) is 0 Å². The highest BCUT2D eigenvalue weighted by atomic mass is 32.2. The van der Waals surface area contributed by atoms with Crippen LogP contribution in [-0.2, 0) is 14.4 Å². The molecule has 26 heavy (non-hydrogen) atoms. The second-order valence-corrected chi connectivity index (χ2v) is 7.51. The van der Waals surface area contributed by atoms with Gasteiger partial charge in [0, 0.05) is 12.1 Å². The summed E-state index contributed by atoms with van der Waals surface area (Å²) in [6.45, 7) is 3.92. The highest BCUT2D eigenvalue weighted by molar-refractivity contribution is 8.01. The van der Waals surface area contributed by atoms with Crippen molar-refractivity contribution in [3.05, 3.63) is 59.7 Å². The molecule has 1 atom stereocenters. The van der Waals surface area contributed by atoms with E-state index in [0.29, 0.717) is 5.69 Å². The third-order valence-electron chi connectivity index (χ3n) is 4.15. The molecule has 1 fully saturated rings. The fourth-order valence-electron chi connectivity index (χ4n) is 2.71. The number of aryl methyl sites for hydroxylation is 2. The second-order valence-electron chi connectivity index (χ2n) is 6.32. The molecule has 1 aliphatic heterocycles. The van der Waals surface area contributed by atoms with Crippen LogP contribution in [0, 0.1) is 13.8 Å². The smallest absolute Gasteiger partial charge is 0.247 e. The summed E-state index contributed by atoms with van der Waals surface area (Å²) in [6.07, 6.45) is 0.120. The number of nitrogens with one attached hydrogen (secondary N) is 1. The van der Waals surface area contributed by atoms with Gasteiger partial charge < -0.3 is 5.32 Å². The van der Waals surface area contributed by atoms with E-state index in [4.69, 9.17) is 0 Å². The van der Waals surface area contributed by atoms with Gasteiger partial charge in [0.2, 0.25) is 17.7 Å². The maximum Gasteiger partial charge on any atom is 0.247 e. The number of carbonyl (C=O) groups is 3. The molecule has 5 nitrogen and oxygen atoms in total. The maximum absolute atomic E-state index is 12.6. The summed E-state index contributed by atoms with van der Waals surface area (Å²) in [5.74, 6) is -0.547. The molecule has 6 heteroatoms. The van der Waals surface area contributed by atoms with E-state index in [9.17, 15) is 14.4 Å². The van der Waals surface area contributed by atoms with Gasteiger partial charge >= 0.3 is 0 Å². The molecule has 3 rings (SSSR count). The van der Waals surface area contributed by atoms with Gasteiger partial charge in [-0.2, -0.15) is 0 Å². The lowest BCUT2D eigenvalue weighted by atomic mass is 10.2. The molecular formula is C20H20N2O3S. The molecule has 1 heterocycles. The first-order chi connectivity index (χ1) is 12.4. The zero-order valence-electron chi connectivity index (χ0n) is 14.7. The molecule has 0 bridgehead atoms. The topological polar surface area (TPSA) is 66.5 Å². The van der Waals surface area contributed by atoms with Gasteiger partial charge in [-0.25, -0.2) is 4.90 Å². The molecule has 134 valence electrons. The van der Waals surface area contributed by atoms with Crippen molar-refractivity contribution in [2.45, 2.75) is 25.5 Å². The minimum absolute atomic E-state index is 0.120. The van der Waals surface area contributed by atoms with E-state index in [1.165, 1.54) is 16.7 Å². The normalized spacial score (nSPS) is 16.8. The van der Waals surface area contributed by atoms with Gasteiger partial charge in [0.1, 0.15) is 0 Å². The van der Waals surface area contributed by atoms with Gasteiger partial charge in [-0.05, 0) is 38.1 Å². The minimum Gasteiger partial charge on any atom is -0.325 e. The van der Waals surface area contributed by atoms with E-state index in [1.807, 2.05) is 50.2 Å². The van der Waals surface area contributed by atoms with Gasteiger partial charge in [-0.15, -0.1) is 11.8 Å². The number of imide groups is 1. The summed E-state index contributed by atoms with van der Waals surface area (Å²) in [7, 11) is 0. The van der Waals surface area contributed by atoms with Crippen LogP contribution in [0.5, 0.6) is 0 Å². The van der Waals surface area contributed by atoms with E-state index in [2.05, 4.69) is 5.32 Å². The number of benzene rings is 2. The van der Waals surface area contributed by atoms with Crippen molar-refractivity contribution < 1.29 is 14.4 Å². The number of nitrogens with zero attached hydrogens (tertiary/aromatic N) is 1. The quantitative estimate of drug-likeness (QED) is 0.823. The number of amides is 3. The number of carbonyl (C=O) groups excluding carboxylic acids is 3. The summed E-state index contributed by atoms with van der Waals surface area (Å²) in [5, 5.41) is 2.28. The monoisotopic (exact) mass is 368 g/mol. The lowest BCUT2D eigenvalue weighted by molar-refractivity contribution is -0.121. The first-order valence-corrected chi connectivity index (χ1v) is 9.40. The Morgan fingerprint density at radius 3 is 2.23 bits per heavy atom. The van der Waals surface area contributed by atoms with Crippen LogP contribution < -0.4 is 10.2 Å². The molecular weight excluding hydrogens is 348 g/mol. The molecule has 1 aliphatic rings. The van der Waals surface area contributed by atoms with Gasteiger partial charge in [0.15, 0.2) is 0 Å². The third-order valence-corrected chi connectivity index (χ3v) is 5.35. The molecule has 1 unspecified atom stereocenters. The molecule has 1 saturated heterocycles. The summed E-state index contributed by atoms with van der Waals surface area (Å²) in [4.78, 5) is 38.1. The lowest BCUT2D eigenvalue weighted by Gasteiger charge is -2.15. The zero-order chi connectivity index (χ0) is 18.7. The van der Waals surface area contributed by atoms with Crippen molar-refractivity contribution in [1.29, 1.82) is 0 Å². The Kier molecular flexibility index (Phi) is 5.42. The number of hydrogen-bond donors (Lipinski definition) is 1. The zero-order valence-corrected chi connectivity index (χ0v) is 15.5. The fourth-order valence-corrected chi connectivity index (χ4v) is 3.64. The Bertz CT molecular complexity index is 831. The van der Waals surface area contributed by atoms with Crippen LogP contribution >= 0.6 is 11.8 Å². The van der Waals surface area contributed by atoms with E-state index >= 15 is 0 Å². The third kappa shape index (κ3) is 4.14. The SMILES string of the molecule is Cc1ccc(NC(=O)CSC2CC(=O)N(c3ccc(C)cc3)C2=O)cc1. The Morgan fingerprint density at radius 1 is 1.04 bits per heavy atom. The highest BCUT2D eigenvalue weighted by Gasteiger charge is 2.39. The number of hydrogen-bond acceptors (Lipinski definition) is 4. The highest BCUT2D eigenvalue weighted by Crippen LogP contribution is 2.29. The molecule has 2 aromatic rings. The molecule has 0 aliphatic carbocycles. The second kappa shape index (κ2) is 7.74. The molecule has 0 saturated carbocycles. The molecule has 1 N–H and O–H groups in total. The first kappa shape index (κ1) is 18.2. The summed E-state index contributed by atoms with van der Waals surface area (Å²) < 4.78 is 0. The van der Waals surface area contributed by atoms with Crippen LogP contribution in [0.2, 0.25) is 0 Å². The van der Waals surface area contributed by atoms with Crippen molar-refractivity contribution in [3.63, 3.8) is 0 Å². The standard InChI is InChI=1S/C20H20N2O3S/c1-13-3-7-15(8-4-13)21-18(23)12-26-17-11-19(24)22(20(17)25)16-9-5-14(2)6-10-16/h3-10,17H,11-12H2,1-2H3,(H,21,23). The van der Waals surface area contributed by atoms with Crippen LogP contribution in [0.15, 0.2) is 48.5 Å². The first-order valence-electron chi connectivity index (χ1n) is 8.35. The Labute approximate surface area is 156 Å². The fraction of sp³-hybridized carbons (Fsp3) is 0.250. The van der Waals surface area contributed by atoms with E-state index in [0.717, 1.165) is 16.8 Å². The number of anilines is 2. The van der Waals surface area contributed by atoms with Crippen molar-refractivity contribution in [3.8, 4) is 0 Å². The molecule has 0 aromatic heterocycles. The van der Waals surface area contributed by atoms with Crippen molar-refractivity contribution >= 4 is 40.9 Å². The van der Waals surface area contributed by atoms with Crippen LogP contribution in [0.1, 0.15) is 17.5 Å². The van der Waals surface area contributed by atoms with E-state index in [-0.39, 0.29) is 29.9 Å². The molecule has 3 amide bonds. The molecule has 0 radical (unpaired) electrons. The summed E-state index contributed by atoms with van der Waals surface area (Å²) in [6, 6.07) is 14.8. The van der Waals surface area contributed by atoms with E-state index < -0.39 is 5.25 Å². The van der Waals surface area contributed by atoms with Crippen molar-refractivity contribution in [1.82, 2.24) is 0 Å². The summed E-state index contributed by atoms with van der Waals surface area (Å²) in [5.41, 5.74) is 3.48. The van der Waals surface area contributed by atoms with Gasteiger partial charge in [0.25, 0.3) is 0 Å². The Balaban J connectivity index is 1.57. The van der Waals surface area contributed by atoms with Gasteiger partial charge in [-0.1, -0.05) is 35.4 Å². The van der Waals surface area contributed by atoms with Crippen molar-refractivity contribution in [2.24, 2.45) is 0 Å². The van der Waals surface area contributed by atoms with Crippen molar-refractivity contribution in [2.75, 3.05) is 16.0 Å². The van der Waals surface area contributed by atoms with E-state index in [1.54, 1.807) is 12.1 Å².